The SMILES string of the molecule is O=C(CC[C@H]1CN(c2ccc(N3CCNN(C(=O)NCc4cncs4)CC3)c(F)c2)C(=O)O1)C(F)F. The Kier molecular flexibility index (Phi) is 8.25. The number of nitrogens with zero attached hydrogens (tertiary/aromatic N) is 4. The van der Waals surface area contributed by atoms with Gasteiger partial charge < -0.3 is 15.0 Å². The molecule has 36 heavy (non-hydrogen) atoms. The van der Waals surface area contributed by atoms with Crippen molar-refractivity contribution in [3.8, 4) is 0 Å². The molecule has 2 aliphatic heterocycles. The average Bonchev–Trinajstić information content (AvgIpc) is 3.44. The lowest BCUT2D eigenvalue weighted by Crippen LogP contribution is -2.48. The molecule has 2 aliphatic rings. The van der Waals surface area contributed by atoms with Crippen molar-refractivity contribution in [2.24, 2.45) is 0 Å². The van der Waals surface area contributed by atoms with E-state index in [-0.39, 0.29) is 24.7 Å². The number of cyclic esters (lactones) is 1. The molecule has 2 aromatic rings. The zero-order chi connectivity index (χ0) is 25.7. The number of hydrogen-bond acceptors (Lipinski definition) is 8. The van der Waals surface area contributed by atoms with Crippen LogP contribution in [-0.2, 0) is 16.1 Å². The van der Waals surface area contributed by atoms with Gasteiger partial charge in [0, 0.05) is 37.1 Å². The Balaban J connectivity index is 1.32. The number of hydrazine groups is 1. The number of benzene rings is 1. The van der Waals surface area contributed by atoms with Crippen LogP contribution in [0.1, 0.15) is 17.7 Å². The highest BCUT2D eigenvalue weighted by Crippen LogP contribution is 2.29. The topological polar surface area (TPSA) is 107 Å². The predicted molar refractivity (Wildman–Crippen MR) is 126 cm³/mol. The second kappa shape index (κ2) is 11.6. The lowest BCUT2D eigenvalue weighted by atomic mass is 10.1. The maximum atomic E-state index is 15.1. The molecule has 0 spiro atoms. The van der Waals surface area contributed by atoms with Gasteiger partial charge in [0.2, 0.25) is 0 Å². The number of carbonyl (C=O) groups excluding carboxylic acids is 3. The third-order valence-electron chi connectivity index (χ3n) is 5.83. The number of Topliss-reactive ketones (excluding diaryl/α,β-unsaturated/α-hetero) is 1. The summed E-state index contributed by atoms with van der Waals surface area (Å²) in [5, 5.41) is 4.26. The Morgan fingerprint density at radius 1 is 1.28 bits per heavy atom. The largest absolute Gasteiger partial charge is 0.444 e. The summed E-state index contributed by atoms with van der Waals surface area (Å²) in [4.78, 5) is 43.7. The van der Waals surface area contributed by atoms with Gasteiger partial charge in [-0.3, -0.25) is 19.7 Å². The molecule has 1 aromatic heterocycles. The number of anilines is 2. The number of ether oxygens (including phenoxy) is 1. The van der Waals surface area contributed by atoms with Gasteiger partial charge in [0.15, 0.2) is 5.78 Å². The molecule has 2 fully saturated rings. The third-order valence-corrected chi connectivity index (χ3v) is 6.61. The molecule has 2 N–H and O–H groups in total. The van der Waals surface area contributed by atoms with Crippen molar-refractivity contribution >= 4 is 40.6 Å². The highest BCUT2D eigenvalue weighted by Gasteiger charge is 2.33. The van der Waals surface area contributed by atoms with Gasteiger partial charge >= 0.3 is 12.1 Å². The molecule has 4 rings (SSSR count). The summed E-state index contributed by atoms with van der Waals surface area (Å²) in [7, 11) is 0. The highest BCUT2D eigenvalue weighted by atomic mass is 32.1. The van der Waals surface area contributed by atoms with Crippen LogP contribution < -0.4 is 20.5 Å². The van der Waals surface area contributed by atoms with Crippen molar-refractivity contribution < 1.29 is 32.3 Å². The van der Waals surface area contributed by atoms with E-state index in [9.17, 15) is 23.2 Å². The van der Waals surface area contributed by atoms with Crippen LogP contribution in [0.3, 0.4) is 0 Å². The van der Waals surface area contributed by atoms with Crippen LogP contribution in [0, 0.1) is 5.82 Å². The fraction of sp³-hybridized carbons (Fsp3) is 0.455. The number of urea groups is 1. The van der Waals surface area contributed by atoms with E-state index in [1.54, 1.807) is 28.7 Å². The summed E-state index contributed by atoms with van der Waals surface area (Å²) in [5.41, 5.74) is 5.30. The first-order valence-electron chi connectivity index (χ1n) is 11.3. The lowest BCUT2D eigenvalue weighted by molar-refractivity contribution is -0.129. The molecule has 0 aliphatic carbocycles. The van der Waals surface area contributed by atoms with E-state index in [0.717, 1.165) is 4.88 Å². The Morgan fingerprint density at radius 2 is 2.11 bits per heavy atom. The molecule has 3 heterocycles. The van der Waals surface area contributed by atoms with Crippen molar-refractivity contribution in [2.45, 2.75) is 31.9 Å². The van der Waals surface area contributed by atoms with Crippen molar-refractivity contribution in [2.75, 3.05) is 42.5 Å². The smallest absolute Gasteiger partial charge is 0.414 e. The summed E-state index contributed by atoms with van der Waals surface area (Å²) < 4.78 is 45.0. The number of hydrogen-bond donors (Lipinski definition) is 2. The van der Waals surface area contributed by atoms with E-state index in [4.69, 9.17) is 4.74 Å². The first kappa shape index (κ1) is 25.7. The second-order valence-electron chi connectivity index (χ2n) is 8.23. The molecular weight excluding hydrogens is 501 g/mol. The van der Waals surface area contributed by atoms with Crippen molar-refractivity contribution in [1.82, 2.24) is 20.7 Å². The normalized spacial score (nSPS) is 18.4. The summed E-state index contributed by atoms with van der Waals surface area (Å²) in [6.45, 7) is 1.95. The van der Waals surface area contributed by atoms with Crippen LogP contribution in [0.4, 0.5) is 34.1 Å². The van der Waals surface area contributed by atoms with Crippen LogP contribution in [0.2, 0.25) is 0 Å². The molecule has 10 nitrogen and oxygen atoms in total. The summed E-state index contributed by atoms with van der Waals surface area (Å²) in [6, 6.07) is 4.04. The molecule has 2 saturated heterocycles. The summed E-state index contributed by atoms with van der Waals surface area (Å²) in [6.07, 6.45) is -3.26. The van der Waals surface area contributed by atoms with E-state index < -0.39 is 36.6 Å². The minimum Gasteiger partial charge on any atom is -0.444 e. The standard InChI is InChI=1S/C22H25F3N6O4S/c23-17-9-14(30-12-15(35-22(30)34)2-4-19(32)20(24)25)1-3-18(17)29-6-5-28-31(8-7-29)21(33)27-11-16-10-26-13-36-16/h1,3,9-10,13,15,20,28H,2,4-8,11-12H2,(H,27,33)/t15-/m0/s1. The number of rotatable bonds is 8. The lowest BCUT2D eigenvalue weighted by Gasteiger charge is -2.24. The minimum absolute atomic E-state index is 0.0267. The molecule has 0 unspecified atom stereocenters. The van der Waals surface area contributed by atoms with Gasteiger partial charge in [-0.25, -0.2) is 28.2 Å². The fourth-order valence-corrected chi connectivity index (χ4v) is 4.48. The highest BCUT2D eigenvalue weighted by molar-refractivity contribution is 7.09. The van der Waals surface area contributed by atoms with Crippen LogP contribution in [0.15, 0.2) is 29.9 Å². The van der Waals surface area contributed by atoms with Crippen LogP contribution >= 0.6 is 11.3 Å². The van der Waals surface area contributed by atoms with E-state index in [2.05, 4.69) is 15.7 Å². The van der Waals surface area contributed by atoms with Gasteiger partial charge in [0.25, 0.3) is 6.43 Å². The van der Waals surface area contributed by atoms with Crippen LogP contribution in [-0.4, -0.2) is 73.2 Å². The monoisotopic (exact) mass is 526 g/mol. The fourth-order valence-electron chi connectivity index (χ4n) is 3.95. The van der Waals surface area contributed by atoms with Crippen molar-refractivity contribution in [3.05, 3.63) is 40.6 Å². The van der Waals surface area contributed by atoms with Gasteiger partial charge in [-0.15, -0.1) is 11.3 Å². The van der Waals surface area contributed by atoms with E-state index in [1.807, 2.05) is 0 Å². The number of aromatic nitrogens is 1. The number of alkyl halides is 2. The summed E-state index contributed by atoms with van der Waals surface area (Å²) in [5.74, 6) is -1.76. The molecule has 0 radical (unpaired) electrons. The first-order valence-corrected chi connectivity index (χ1v) is 12.2. The zero-order valence-electron chi connectivity index (χ0n) is 19.2. The molecule has 194 valence electrons. The number of thiazole rings is 1. The number of amides is 3. The van der Waals surface area contributed by atoms with Gasteiger partial charge in [-0.1, -0.05) is 0 Å². The molecule has 1 aromatic carbocycles. The van der Waals surface area contributed by atoms with Gasteiger partial charge in [-0.2, -0.15) is 0 Å². The van der Waals surface area contributed by atoms with E-state index in [1.165, 1.54) is 27.3 Å². The third kappa shape index (κ3) is 6.23. The second-order valence-corrected chi connectivity index (χ2v) is 9.20. The van der Waals surface area contributed by atoms with E-state index in [0.29, 0.717) is 38.4 Å². The van der Waals surface area contributed by atoms with Gasteiger partial charge in [0.05, 0.1) is 36.5 Å². The average molecular weight is 527 g/mol. The Bertz CT molecular complexity index is 1090. The number of nitrogens with one attached hydrogen (secondary N) is 2. The maximum absolute atomic E-state index is 15.1. The minimum atomic E-state index is -3.06. The van der Waals surface area contributed by atoms with Crippen molar-refractivity contribution in [1.29, 1.82) is 0 Å². The predicted octanol–water partition coefficient (Wildman–Crippen LogP) is 2.76. The molecule has 14 heteroatoms. The Hall–Kier alpha value is -3.39. The number of halogens is 3. The van der Waals surface area contributed by atoms with Gasteiger partial charge in [-0.05, 0) is 24.6 Å². The molecular formula is C22H25F3N6O4S. The quantitative estimate of drug-likeness (QED) is 0.545. The molecule has 0 saturated carbocycles. The number of carbonyl (C=O) groups is 3. The number of ketones is 1. The maximum Gasteiger partial charge on any atom is 0.414 e. The molecule has 3 amide bonds. The van der Waals surface area contributed by atoms with Crippen LogP contribution in [0.25, 0.3) is 0 Å². The van der Waals surface area contributed by atoms with Gasteiger partial charge in [0.1, 0.15) is 11.9 Å². The Labute approximate surface area is 209 Å². The van der Waals surface area contributed by atoms with Crippen molar-refractivity contribution in [3.63, 3.8) is 0 Å². The molecule has 1 atom stereocenters. The van der Waals surface area contributed by atoms with Crippen LogP contribution in [0.5, 0.6) is 0 Å². The molecule has 0 bridgehead atoms. The summed E-state index contributed by atoms with van der Waals surface area (Å²) >= 11 is 1.44. The Morgan fingerprint density at radius 3 is 2.83 bits per heavy atom. The van der Waals surface area contributed by atoms with E-state index >= 15 is 4.39 Å². The first-order chi connectivity index (χ1) is 17.3. The zero-order valence-corrected chi connectivity index (χ0v) is 20.0.